The summed E-state index contributed by atoms with van der Waals surface area (Å²) in [7, 11) is 0. The first-order chi connectivity index (χ1) is 11.5. The van der Waals surface area contributed by atoms with Crippen LogP contribution in [0.25, 0.3) is 0 Å². The minimum atomic E-state index is -0.587. The summed E-state index contributed by atoms with van der Waals surface area (Å²) in [5, 5.41) is 5.84. The Kier molecular flexibility index (Phi) is 3.27. The van der Waals surface area contributed by atoms with Crippen molar-refractivity contribution in [3.8, 4) is 0 Å². The van der Waals surface area contributed by atoms with Crippen LogP contribution in [0.1, 0.15) is 36.5 Å². The number of amides is 1. The Morgan fingerprint density at radius 3 is 2.79 bits per heavy atom. The lowest BCUT2D eigenvalue weighted by molar-refractivity contribution is -0.134. The fourth-order valence-electron chi connectivity index (χ4n) is 3.92. The lowest BCUT2D eigenvalue weighted by Crippen LogP contribution is -2.40. The Bertz CT molecular complexity index is 877. The van der Waals surface area contributed by atoms with Gasteiger partial charge in [-0.25, -0.2) is 13.8 Å². The van der Waals surface area contributed by atoms with Crippen molar-refractivity contribution < 1.29 is 13.6 Å². The summed E-state index contributed by atoms with van der Waals surface area (Å²) < 4.78 is 27.7. The molecule has 1 heterocycles. The number of rotatable bonds is 1. The SMILES string of the molecule is CC(=O)N1N=C(c2cc(F)ccc2F)C[C@@]12CCc1ccccc12. The summed E-state index contributed by atoms with van der Waals surface area (Å²) >= 11 is 0. The number of hydrazone groups is 1. The molecule has 4 rings (SSSR count). The summed E-state index contributed by atoms with van der Waals surface area (Å²) in [6, 6.07) is 11.3. The van der Waals surface area contributed by atoms with E-state index in [9.17, 15) is 13.6 Å². The van der Waals surface area contributed by atoms with Crippen LogP contribution in [0.5, 0.6) is 0 Å². The van der Waals surface area contributed by atoms with Crippen molar-refractivity contribution in [2.24, 2.45) is 5.10 Å². The predicted molar refractivity (Wildman–Crippen MR) is 86.5 cm³/mol. The summed E-state index contributed by atoms with van der Waals surface area (Å²) in [5.74, 6) is -1.24. The number of nitrogens with zero attached hydrogens (tertiary/aromatic N) is 2. The average molecular weight is 326 g/mol. The Balaban J connectivity index is 1.83. The van der Waals surface area contributed by atoms with E-state index >= 15 is 0 Å². The number of carbonyl (C=O) groups is 1. The molecule has 0 N–H and O–H groups in total. The maximum absolute atomic E-state index is 14.2. The van der Waals surface area contributed by atoms with Crippen molar-refractivity contribution >= 4 is 11.6 Å². The van der Waals surface area contributed by atoms with Crippen molar-refractivity contribution in [3.63, 3.8) is 0 Å². The molecule has 0 unspecified atom stereocenters. The predicted octanol–water partition coefficient (Wildman–Crippen LogP) is 3.76. The number of benzene rings is 2. The van der Waals surface area contributed by atoms with Crippen LogP contribution >= 0.6 is 0 Å². The molecule has 0 saturated carbocycles. The molecule has 2 aromatic rings. The van der Waals surface area contributed by atoms with Crippen molar-refractivity contribution in [1.82, 2.24) is 5.01 Å². The van der Waals surface area contributed by atoms with E-state index in [1.165, 1.54) is 17.5 Å². The molecular formula is C19H16F2N2O. The summed E-state index contributed by atoms with van der Waals surface area (Å²) in [6.07, 6.45) is 1.97. The third-order valence-corrected chi connectivity index (χ3v) is 4.95. The van der Waals surface area contributed by atoms with Gasteiger partial charge in [0.2, 0.25) is 5.91 Å². The van der Waals surface area contributed by atoms with Gasteiger partial charge in [-0.3, -0.25) is 4.79 Å². The van der Waals surface area contributed by atoms with Gasteiger partial charge in [-0.2, -0.15) is 5.10 Å². The molecule has 2 aromatic carbocycles. The first kappa shape index (κ1) is 15.0. The second-order valence-electron chi connectivity index (χ2n) is 6.37. The molecule has 0 bridgehead atoms. The van der Waals surface area contributed by atoms with Crippen molar-refractivity contribution in [3.05, 3.63) is 70.8 Å². The average Bonchev–Trinajstić information content (AvgIpc) is 3.13. The zero-order valence-electron chi connectivity index (χ0n) is 13.2. The van der Waals surface area contributed by atoms with Crippen LogP contribution in [-0.2, 0) is 16.8 Å². The molecular weight excluding hydrogens is 310 g/mol. The Hall–Kier alpha value is -2.56. The second kappa shape index (κ2) is 5.23. The highest BCUT2D eigenvalue weighted by molar-refractivity contribution is 6.04. The van der Waals surface area contributed by atoms with Gasteiger partial charge in [0.1, 0.15) is 11.6 Å². The van der Waals surface area contributed by atoms with Crippen LogP contribution in [-0.4, -0.2) is 16.6 Å². The van der Waals surface area contributed by atoms with E-state index in [0.717, 1.165) is 36.6 Å². The second-order valence-corrected chi connectivity index (χ2v) is 6.37. The fraction of sp³-hybridized carbons (Fsp3) is 0.263. The number of fused-ring (bicyclic) bond motifs is 2. The van der Waals surface area contributed by atoms with Crippen LogP contribution in [0.3, 0.4) is 0 Å². The van der Waals surface area contributed by atoms with Crippen LogP contribution in [0.2, 0.25) is 0 Å². The molecule has 24 heavy (non-hydrogen) atoms. The Morgan fingerprint density at radius 1 is 1.21 bits per heavy atom. The lowest BCUT2D eigenvalue weighted by Gasteiger charge is -2.32. The van der Waals surface area contributed by atoms with E-state index in [0.29, 0.717) is 12.1 Å². The molecule has 1 amide bonds. The van der Waals surface area contributed by atoms with Gasteiger partial charge >= 0.3 is 0 Å². The number of halogens is 2. The zero-order chi connectivity index (χ0) is 16.9. The van der Waals surface area contributed by atoms with Gasteiger partial charge < -0.3 is 0 Å². The van der Waals surface area contributed by atoms with Crippen LogP contribution in [0, 0.1) is 11.6 Å². The summed E-state index contributed by atoms with van der Waals surface area (Å²) in [4.78, 5) is 12.2. The van der Waals surface area contributed by atoms with E-state index in [4.69, 9.17) is 0 Å². The maximum Gasteiger partial charge on any atom is 0.240 e. The molecule has 0 radical (unpaired) electrons. The molecule has 0 saturated heterocycles. The molecule has 1 aliphatic heterocycles. The van der Waals surface area contributed by atoms with E-state index in [1.54, 1.807) is 0 Å². The van der Waals surface area contributed by atoms with Crippen molar-refractivity contribution in [1.29, 1.82) is 0 Å². The first-order valence-corrected chi connectivity index (χ1v) is 7.93. The molecule has 1 spiro atoms. The smallest absolute Gasteiger partial charge is 0.240 e. The molecule has 122 valence electrons. The topological polar surface area (TPSA) is 32.7 Å². The van der Waals surface area contributed by atoms with Gasteiger partial charge in [-0.15, -0.1) is 0 Å². The normalized spacial score (nSPS) is 22.0. The number of hydrogen-bond acceptors (Lipinski definition) is 2. The quantitative estimate of drug-likeness (QED) is 0.785. The molecule has 0 aromatic heterocycles. The van der Waals surface area contributed by atoms with Crippen LogP contribution < -0.4 is 0 Å². The summed E-state index contributed by atoms with van der Waals surface area (Å²) in [5.41, 5.74) is 2.19. The maximum atomic E-state index is 14.2. The van der Waals surface area contributed by atoms with Gasteiger partial charge in [-0.1, -0.05) is 24.3 Å². The van der Waals surface area contributed by atoms with Crippen molar-refractivity contribution in [2.45, 2.75) is 31.7 Å². The standard InChI is InChI=1S/C19H16F2N2O/c1-12(24)23-19(9-8-13-4-2-3-5-16(13)19)11-18(22-23)15-10-14(20)6-7-17(15)21/h2-7,10H,8-9,11H2,1H3/t19-/m1/s1. The largest absolute Gasteiger partial charge is 0.273 e. The lowest BCUT2D eigenvalue weighted by atomic mass is 9.85. The number of carbonyl (C=O) groups excluding carboxylic acids is 1. The van der Waals surface area contributed by atoms with E-state index < -0.39 is 17.2 Å². The first-order valence-electron chi connectivity index (χ1n) is 7.93. The Morgan fingerprint density at radius 2 is 2.00 bits per heavy atom. The van der Waals surface area contributed by atoms with E-state index in [1.807, 2.05) is 24.3 Å². The molecule has 5 heteroatoms. The highest BCUT2D eigenvalue weighted by Gasteiger charge is 2.50. The third-order valence-electron chi connectivity index (χ3n) is 4.95. The zero-order valence-corrected chi connectivity index (χ0v) is 13.2. The third kappa shape index (κ3) is 2.08. The van der Waals surface area contributed by atoms with Gasteiger partial charge in [0.25, 0.3) is 0 Å². The highest BCUT2D eigenvalue weighted by atomic mass is 19.1. The van der Waals surface area contributed by atoms with Gasteiger partial charge in [-0.05, 0) is 42.2 Å². The van der Waals surface area contributed by atoms with Crippen molar-refractivity contribution in [2.75, 3.05) is 0 Å². The minimum Gasteiger partial charge on any atom is -0.273 e. The number of aryl methyl sites for hydroxylation is 1. The molecule has 0 fully saturated rings. The fourth-order valence-corrected chi connectivity index (χ4v) is 3.92. The van der Waals surface area contributed by atoms with Gasteiger partial charge in [0.05, 0.1) is 11.3 Å². The molecule has 1 atom stereocenters. The van der Waals surface area contributed by atoms with Crippen LogP contribution in [0.15, 0.2) is 47.6 Å². The Labute approximate surface area is 138 Å². The van der Waals surface area contributed by atoms with E-state index in [-0.39, 0.29) is 11.5 Å². The molecule has 1 aliphatic carbocycles. The highest BCUT2D eigenvalue weighted by Crippen LogP contribution is 2.48. The summed E-state index contributed by atoms with van der Waals surface area (Å²) in [6.45, 7) is 1.46. The molecule has 3 nitrogen and oxygen atoms in total. The minimum absolute atomic E-state index is 0.127. The molecule has 2 aliphatic rings. The van der Waals surface area contributed by atoms with E-state index in [2.05, 4.69) is 5.10 Å². The van der Waals surface area contributed by atoms with Gasteiger partial charge in [0.15, 0.2) is 0 Å². The van der Waals surface area contributed by atoms with Crippen LogP contribution in [0.4, 0.5) is 8.78 Å². The monoisotopic (exact) mass is 326 g/mol. The number of hydrogen-bond donors (Lipinski definition) is 0. The van der Waals surface area contributed by atoms with Gasteiger partial charge in [0, 0.05) is 18.9 Å².